The number of hydrogen-bond donors (Lipinski definition) is 3. The van der Waals surface area contributed by atoms with Crippen molar-refractivity contribution in [1.29, 1.82) is 0 Å². The van der Waals surface area contributed by atoms with Crippen molar-refractivity contribution >= 4 is 18.0 Å². The van der Waals surface area contributed by atoms with Gasteiger partial charge in [-0.2, -0.15) is 0 Å². The van der Waals surface area contributed by atoms with Gasteiger partial charge in [-0.1, -0.05) is 43.2 Å². The number of rotatable bonds is 8. The van der Waals surface area contributed by atoms with Crippen molar-refractivity contribution in [2.45, 2.75) is 31.9 Å². The average Bonchev–Trinajstić information content (AvgIpc) is 3.35. The second-order valence-corrected chi connectivity index (χ2v) is 5.55. The summed E-state index contributed by atoms with van der Waals surface area (Å²) >= 11 is 0. The van der Waals surface area contributed by atoms with Crippen LogP contribution in [0.3, 0.4) is 0 Å². The summed E-state index contributed by atoms with van der Waals surface area (Å²) in [7, 11) is 0. The second kappa shape index (κ2) is 8.17. The molecule has 7 heteroatoms. The molecule has 3 N–H and O–H groups in total. The molecule has 0 radical (unpaired) electrons. The van der Waals surface area contributed by atoms with Crippen LogP contribution in [0.1, 0.15) is 24.8 Å². The summed E-state index contributed by atoms with van der Waals surface area (Å²) in [5.41, 5.74) is 0.836. The Bertz CT molecular complexity index is 557. The van der Waals surface area contributed by atoms with E-state index in [4.69, 9.17) is 9.84 Å². The van der Waals surface area contributed by atoms with E-state index in [-0.39, 0.29) is 13.2 Å². The number of hydrogen-bond acceptors (Lipinski definition) is 4. The third-order valence-corrected chi connectivity index (χ3v) is 3.51. The largest absolute Gasteiger partial charge is 0.480 e. The van der Waals surface area contributed by atoms with Crippen LogP contribution in [-0.2, 0) is 20.9 Å². The van der Waals surface area contributed by atoms with Crippen LogP contribution < -0.4 is 10.6 Å². The Morgan fingerprint density at radius 2 is 1.91 bits per heavy atom. The molecule has 124 valence electrons. The normalized spacial score (nSPS) is 14.6. The number of amides is 2. The first-order chi connectivity index (χ1) is 11.0. The maximum absolute atomic E-state index is 11.7. The molecule has 23 heavy (non-hydrogen) atoms. The Hall–Kier alpha value is -2.57. The van der Waals surface area contributed by atoms with Gasteiger partial charge in [-0.05, 0) is 17.9 Å². The zero-order chi connectivity index (χ0) is 16.7. The molecule has 0 aromatic heterocycles. The number of carboxylic acids is 1. The lowest BCUT2D eigenvalue weighted by Crippen LogP contribution is -2.45. The number of carbonyl (C=O) groups excluding carboxylic acids is 2. The summed E-state index contributed by atoms with van der Waals surface area (Å²) < 4.78 is 4.96. The Morgan fingerprint density at radius 1 is 1.22 bits per heavy atom. The molecule has 0 heterocycles. The van der Waals surface area contributed by atoms with Gasteiger partial charge in [0.15, 0.2) is 0 Å². The summed E-state index contributed by atoms with van der Waals surface area (Å²) in [5.74, 6) is -1.23. The van der Waals surface area contributed by atoms with Crippen molar-refractivity contribution in [1.82, 2.24) is 10.6 Å². The van der Waals surface area contributed by atoms with Crippen LogP contribution in [0.25, 0.3) is 0 Å². The number of benzene rings is 1. The molecular weight excluding hydrogens is 300 g/mol. The van der Waals surface area contributed by atoms with Crippen LogP contribution in [0.2, 0.25) is 0 Å². The zero-order valence-corrected chi connectivity index (χ0v) is 12.7. The topological polar surface area (TPSA) is 105 Å². The van der Waals surface area contributed by atoms with E-state index in [0.717, 1.165) is 18.4 Å². The van der Waals surface area contributed by atoms with Crippen LogP contribution >= 0.6 is 0 Å². The first-order valence-corrected chi connectivity index (χ1v) is 7.51. The predicted molar refractivity (Wildman–Crippen MR) is 81.5 cm³/mol. The summed E-state index contributed by atoms with van der Waals surface area (Å²) in [4.78, 5) is 34.3. The molecule has 0 aliphatic heterocycles. The van der Waals surface area contributed by atoms with Gasteiger partial charge in [0, 0.05) is 0 Å². The lowest BCUT2D eigenvalue weighted by atomic mass is 10.1. The van der Waals surface area contributed by atoms with Gasteiger partial charge in [-0.3, -0.25) is 4.79 Å². The molecule has 1 aliphatic rings. The Labute approximate surface area is 134 Å². The molecule has 0 saturated heterocycles. The van der Waals surface area contributed by atoms with E-state index in [0.29, 0.717) is 12.3 Å². The average molecular weight is 320 g/mol. The van der Waals surface area contributed by atoms with Gasteiger partial charge in [-0.15, -0.1) is 0 Å². The molecule has 0 unspecified atom stereocenters. The van der Waals surface area contributed by atoms with Crippen molar-refractivity contribution in [3.8, 4) is 0 Å². The quantitative estimate of drug-likeness (QED) is 0.669. The molecule has 1 atom stereocenters. The Balaban J connectivity index is 1.66. The number of ether oxygens (including phenoxy) is 1. The van der Waals surface area contributed by atoms with Gasteiger partial charge >= 0.3 is 12.1 Å². The van der Waals surface area contributed by atoms with E-state index >= 15 is 0 Å². The Morgan fingerprint density at radius 3 is 2.52 bits per heavy atom. The first kappa shape index (κ1) is 16.8. The van der Waals surface area contributed by atoms with E-state index < -0.39 is 24.0 Å². The minimum Gasteiger partial charge on any atom is -0.480 e. The highest BCUT2D eigenvalue weighted by Gasteiger charge is 2.30. The van der Waals surface area contributed by atoms with Gasteiger partial charge < -0.3 is 20.5 Å². The van der Waals surface area contributed by atoms with E-state index in [1.165, 1.54) is 0 Å². The monoisotopic (exact) mass is 320 g/mol. The highest BCUT2D eigenvalue weighted by atomic mass is 16.5. The second-order valence-electron chi connectivity index (χ2n) is 5.55. The molecule has 2 rings (SSSR count). The summed E-state index contributed by atoms with van der Waals surface area (Å²) in [5, 5.41) is 13.8. The van der Waals surface area contributed by atoms with E-state index in [2.05, 4.69) is 10.6 Å². The van der Waals surface area contributed by atoms with Crippen molar-refractivity contribution in [3.05, 3.63) is 35.9 Å². The summed E-state index contributed by atoms with van der Waals surface area (Å²) in [6, 6.07) is 8.24. The third-order valence-electron chi connectivity index (χ3n) is 3.51. The standard InChI is InChI=1S/C16H20N2O5/c19-14(18-13(15(20)21)8-11-6-7-11)9-17-16(22)23-10-12-4-2-1-3-5-12/h1-5,11,13H,6-10H2,(H,17,22)(H,18,19)(H,20,21)/t13-/m1/s1. The molecule has 1 aliphatic carbocycles. The molecule has 1 aromatic rings. The van der Waals surface area contributed by atoms with Crippen LogP contribution in [0.5, 0.6) is 0 Å². The van der Waals surface area contributed by atoms with Gasteiger partial charge in [0.25, 0.3) is 0 Å². The van der Waals surface area contributed by atoms with Gasteiger partial charge in [-0.25, -0.2) is 9.59 Å². The van der Waals surface area contributed by atoms with Crippen molar-refractivity contribution in [2.24, 2.45) is 5.92 Å². The van der Waals surface area contributed by atoms with Crippen LogP contribution in [0.15, 0.2) is 30.3 Å². The fourth-order valence-corrected chi connectivity index (χ4v) is 2.08. The number of aliphatic carboxylic acids is 1. The fourth-order valence-electron chi connectivity index (χ4n) is 2.08. The summed E-state index contributed by atoms with van der Waals surface area (Å²) in [6.07, 6.45) is 1.71. The maximum Gasteiger partial charge on any atom is 0.407 e. The van der Waals surface area contributed by atoms with Crippen LogP contribution in [0.4, 0.5) is 4.79 Å². The number of carboxylic acid groups (broad SMARTS) is 1. The Kier molecular flexibility index (Phi) is 5.96. The number of carbonyl (C=O) groups is 3. The van der Waals surface area contributed by atoms with E-state index in [1.54, 1.807) is 0 Å². The minimum absolute atomic E-state index is 0.105. The molecule has 0 spiro atoms. The van der Waals surface area contributed by atoms with Crippen LogP contribution in [-0.4, -0.2) is 35.7 Å². The molecular formula is C16H20N2O5. The van der Waals surface area contributed by atoms with E-state index in [1.807, 2.05) is 30.3 Å². The number of alkyl carbamates (subject to hydrolysis) is 1. The minimum atomic E-state index is -1.06. The zero-order valence-electron chi connectivity index (χ0n) is 12.7. The molecule has 2 amide bonds. The van der Waals surface area contributed by atoms with Gasteiger partial charge in [0.1, 0.15) is 19.2 Å². The molecule has 0 bridgehead atoms. The predicted octanol–water partition coefficient (Wildman–Crippen LogP) is 1.28. The summed E-state index contributed by atoms with van der Waals surface area (Å²) in [6.45, 7) is -0.213. The fraction of sp³-hybridized carbons (Fsp3) is 0.438. The lowest BCUT2D eigenvalue weighted by Gasteiger charge is -2.14. The van der Waals surface area contributed by atoms with Gasteiger partial charge in [0.05, 0.1) is 0 Å². The van der Waals surface area contributed by atoms with Gasteiger partial charge in [0.2, 0.25) is 5.91 Å². The third kappa shape index (κ3) is 6.37. The molecule has 1 saturated carbocycles. The number of nitrogens with one attached hydrogen (secondary N) is 2. The highest BCUT2D eigenvalue weighted by Crippen LogP contribution is 2.33. The van der Waals surface area contributed by atoms with Crippen molar-refractivity contribution in [2.75, 3.05) is 6.54 Å². The first-order valence-electron chi connectivity index (χ1n) is 7.51. The smallest absolute Gasteiger partial charge is 0.407 e. The maximum atomic E-state index is 11.7. The molecule has 1 fully saturated rings. The highest BCUT2D eigenvalue weighted by molar-refractivity contribution is 5.86. The van der Waals surface area contributed by atoms with Crippen LogP contribution in [0, 0.1) is 5.92 Å². The van der Waals surface area contributed by atoms with E-state index in [9.17, 15) is 14.4 Å². The molecule has 7 nitrogen and oxygen atoms in total. The SMILES string of the molecule is O=C(CNC(=O)OCc1ccccc1)N[C@H](CC1CC1)C(=O)O. The van der Waals surface area contributed by atoms with Crippen molar-refractivity contribution in [3.63, 3.8) is 0 Å². The lowest BCUT2D eigenvalue weighted by molar-refractivity contribution is -0.142. The van der Waals surface area contributed by atoms with Crippen molar-refractivity contribution < 1.29 is 24.2 Å². The molecule has 1 aromatic carbocycles.